The van der Waals surface area contributed by atoms with Gasteiger partial charge in [-0.05, 0) is 48.6 Å². The minimum absolute atomic E-state index is 0.0181. The molecule has 5 rings (SSSR count). The van der Waals surface area contributed by atoms with Crippen molar-refractivity contribution in [3.05, 3.63) is 82.4 Å². The largest absolute Gasteiger partial charge is 0.346 e. The Hall–Kier alpha value is -4.01. The molecule has 0 saturated carbocycles. The Morgan fingerprint density at radius 3 is 2.81 bits per heavy atom. The lowest BCUT2D eigenvalue weighted by molar-refractivity contribution is -0.384. The lowest BCUT2D eigenvalue weighted by atomic mass is 9.89. The number of nitrogens with zero attached hydrogens (tertiary/aromatic N) is 5. The Morgan fingerprint density at radius 2 is 2.00 bits per heavy atom. The molecule has 1 fully saturated rings. The van der Waals surface area contributed by atoms with Gasteiger partial charge in [-0.25, -0.2) is 9.67 Å². The molecule has 1 saturated heterocycles. The Morgan fingerprint density at radius 1 is 1.16 bits per heavy atom. The monoisotopic (exact) mass is 416 g/mol. The van der Waals surface area contributed by atoms with Crippen molar-refractivity contribution >= 4 is 22.6 Å². The van der Waals surface area contributed by atoms with Crippen LogP contribution >= 0.6 is 0 Å². The molecule has 9 heteroatoms. The van der Waals surface area contributed by atoms with Gasteiger partial charge in [-0.1, -0.05) is 6.07 Å². The molecular formula is C22H20N6O3. The summed E-state index contributed by atoms with van der Waals surface area (Å²) in [6, 6.07) is 11.8. The van der Waals surface area contributed by atoms with Crippen molar-refractivity contribution in [3.8, 4) is 5.69 Å². The average Bonchev–Trinajstić information content (AvgIpc) is 3.47. The zero-order valence-electron chi connectivity index (χ0n) is 16.6. The van der Waals surface area contributed by atoms with Crippen molar-refractivity contribution in [1.29, 1.82) is 0 Å². The Bertz CT molecular complexity index is 1270. The number of non-ortho nitro benzene ring substituents is 1. The third kappa shape index (κ3) is 3.54. The van der Waals surface area contributed by atoms with Gasteiger partial charge in [-0.3, -0.25) is 14.9 Å². The van der Waals surface area contributed by atoms with Crippen LogP contribution in [0.1, 0.15) is 34.8 Å². The van der Waals surface area contributed by atoms with Gasteiger partial charge in [0.05, 0.1) is 10.6 Å². The number of piperidine rings is 1. The van der Waals surface area contributed by atoms with Crippen LogP contribution < -0.4 is 0 Å². The first-order valence-electron chi connectivity index (χ1n) is 10.1. The smallest absolute Gasteiger partial charge is 0.274 e. The fourth-order valence-corrected chi connectivity index (χ4v) is 4.20. The third-order valence-corrected chi connectivity index (χ3v) is 5.82. The maximum absolute atomic E-state index is 13.0. The second-order valence-corrected chi connectivity index (χ2v) is 7.63. The molecule has 31 heavy (non-hydrogen) atoms. The van der Waals surface area contributed by atoms with Crippen molar-refractivity contribution < 1.29 is 9.72 Å². The molecular weight excluding hydrogens is 396 g/mol. The standard InChI is InChI=1S/C22H20N6O3/c29-22(20-8-12-27(25-20)16-3-1-4-17(13-16)28(30)31)26-10-6-15(7-11-26)19-14-24-21-18(19)5-2-9-23-21/h1-5,8-9,12-15H,6-7,10-11H2,(H,23,24). The number of likely N-dealkylation sites (tertiary alicyclic amines) is 1. The summed E-state index contributed by atoms with van der Waals surface area (Å²) in [7, 11) is 0. The molecule has 3 aromatic heterocycles. The van der Waals surface area contributed by atoms with E-state index in [0.29, 0.717) is 30.4 Å². The van der Waals surface area contributed by atoms with Crippen LogP contribution in [0.4, 0.5) is 5.69 Å². The molecule has 1 amide bonds. The Labute approximate surface area is 177 Å². The Balaban J connectivity index is 1.28. The lowest BCUT2D eigenvalue weighted by Gasteiger charge is -2.31. The summed E-state index contributed by atoms with van der Waals surface area (Å²) in [6.45, 7) is 1.31. The number of aromatic nitrogens is 4. The highest BCUT2D eigenvalue weighted by atomic mass is 16.6. The van der Waals surface area contributed by atoms with Crippen LogP contribution in [0.5, 0.6) is 0 Å². The maximum atomic E-state index is 13.0. The molecule has 0 spiro atoms. The number of benzene rings is 1. The first-order valence-corrected chi connectivity index (χ1v) is 10.1. The first kappa shape index (κ1) is 19.0. The van der Waals surface area contributed by atoms with Gasteiger partial charge < -0.3 is 9.88 Å². The molecule has 1 aliphatic heterocycles. The van der Waals surface area contributed by atoms with Gasteiger partial charge in [0, 0.05) is 49.2 Å². The summed E-state index contributed by atoms with van der Waals surface area (Å²) in [5.74, 6) is 0.257. The topological polar surface area (TPSA) is 110 Å². The van der Waals surface area contributed by atoms with E-state index in [2.05, 4.69) is 21.1 Å². The number of carbonyl (C=O) groups excluding carboxylic acids is 1. The van der Waals surface area contributed by atoms with Gasteiger partial charge in [0.1, 0.15) is 5.65 Å². The number of carbonyl (C=O) groups is 1. The first-order chi connectivity index (χ1) is 15.1. The summed E-state index contributed by atoms with van der Waals surface area (Å²) >= 11 is 0. The number of H-pyrrole nitrogens is 1. The highest BCUT2D eigenvalue weighted by molar-refractivity contribution is 5.92. The fraction of sp³-hybridized carbons (Fsp3) is 0.227. The third-order valence-electron chi connectivity index (χ3n) is 5.82. The number of amides is 1. The molecule has 0 bridgehead atoms. The van der Waals surface area contributed by atoms with E-state index in [0.717, 1.165) is 23.9 Å². The zero-order chi connectivity index (χ0) is 21.4. The van der Waals surface area contributed by atoms with Crippen LogP contribution in [0.15, 0.2) is 61.1 Å². The SMILES string of the molecule is O=C(c1ccn(-c2cccc([N+](=O)[O-])c2)n1)N1CCC(c2c[nH]c3ncccc23)CC1. The van der Waals surface area contributed by atoms with E-state index in [9.17, 15) is 14.9 Å². The van der Waals surface area contributed by atoms with Crippen molar-refractivity contribution in [3.63, 3.8) is 0 Å². The Kier molecular flexibility index (Phi) is 4.70. The molecule has 1 aromatic carbocycles. The van der Waals surface area contributed by atoms with Gasteiger partial charge >= 0.3 is 0 Å². The van der Waals surface area contributed by atoms with Gasteiger partial charge in [0.2, 0.25) is 0 Å². The van der Waals surface area contributed by atoms with Crippen LogP contribution in [0.2, 0.25) is 0 Å². The van der Waals surface area contributed by atoms with Crippen molar-refractivity contribution in [2.24, 2.45) is 0 Å². The minimum Gasteiger partial charge on any atom is -0.346 e. The number of aromatic amines is 1. The molecule has 0 atom stereocenters. The predicted molar refractivity (Wildman–Crippen MR) is 114 cm³/mol. The zero-order valence-corrected chi connectivity index (χ0v) is 16.6. The predicted octanol–water partition coefficient (Wildman–Crippen LogP) is 3.68. The number of fused-ring (bicyclic) bond motifs is 1. The van der Waals surface area contributed by atoms with E-state index in [-0.39, 0.29) is 11.6 Å². The van der Waals surface area contributed by atoms with Crippen LogP contribution in [0, 0.1) is 10.1 Å². The van der Waals surface area contributed by atoms with Crippen molar-refractivity contribution in [1.82, 2.24) is 24.6 Å². The second kappa shape index (κ2) is 7.67. The van der Waals surface area contributed by atoms with Crippen LogP contribution in [0.3, 0.4) is 0 Å². The average molecular weight is 416 g/mol. The molecule has 1 aliphatic rings. The van der Waals surface area contributed by atoms with Crippen LogP contribution in [-0.2, 0) is 0 Å². The molecule has 9 nitrogen and oxygen atoms in total. The number of nitrogens with one attached hydrogen (secondary N) is 1. The highest BCUT2D eigenvalue weighted by Crippen LogP contribution is 2.32. The number of rotatable bonds is 4. The summed E-state index contributed by atoms with van der Waals surface area (Å²) in [5, 5.41) is 16.5. The van der Waals surface area contributed by atoms with E-state index in [4.69, 9.17) is 0 Å². The summed E-state index contributed by atoms with van der Waals surface area (Å²) in [4.78, 5) is 32.9. The molecule has 0 radical (unpaired) electrons. The van der Waals surface area contributed by atoms with Gasteiger partial charge in [-0.2, -0.15) is 5.10 Å². The van der Waals surface area contributed by atoms with E-state index >= 15 is 0 Å². The number of pyridine rings is 1. The van der Waals surface area contributed by atoms with E-state index < -0.39 is 4.92 Å². The maximum Gasteiger partial charge on any atom is 0.274 e. The molecule has 1 N–H and O–H groups in total. The molecule has 0 unspecified atom stereocenters. The second-order valence-electron chi connectivity index (χ2n) is 7.63. The highest BCUT2D eigenvalue weighted by Gasteiger charge is 2.27. The van der Waals surface area contributed by atoms with E-state index in [1.807, 2.05) is 17.2 Å². The van der Waals surface area contributed by atoms with Crippen molar-refractivity contribution in [2.45, 2.75) is 18.8 Å². The number of hydrogen-bond donors (Lipinski definition) is 1. The van der Waals surface area contributed by atoms with Gasteiger partial charge in [-0.15, -0.1) is 0 Å². The van der Waals surface area contributed by atoms with Crippen LogP contribution in [0.25, 0.3) is 16.7 Å². The quantitative estimate of drug-likeness (QED) is 0.403. The molecule has 156 valence electrons. The normalized spacial score (nSPS) is 14.8. The van der Waals surface area contributed by atoms with Crippen molar-refractivity contribution in [2.75, 3.05) is 13.1 Å². The van der Waals surface area contributed by atoms with Gasteiger partial charge in [0.15, 0.2) is 5.69 Å². The lowest BCUT2D eigenvalue weighted by Crippen LogP contribution is -2.38. The molecule has 0 aliphatic carbocycles. The molecule has 4 heterocycles. The summed E-state index contributed by atoms with van der Waals surface area (Å²) in [6.07, 6.45) is 7.20. The summed E-state index contributed by atoms with van der Waals surface area (Å²) in [5.41, 5.74) is 3.00. The van der Waals surface area contributed by atoms with Gasteiger partial charge in [0.25, 0.3) is 11.6 Å². The fourth-order valence-electron chi connectivity index (χ4n) is 4.20. The number of nitro benzene ring substituents is 1. The van der Waals surface area contributed by atoms with E-state index in [1.54, 1.807) is 30.6 Å². The number of nitro groups is 1. The van der Waals surface area contributed by atoms with E-state index in [1.165, 1.54) is 22.4 Å². The summed E-state index contributed by atoms with van der Waals surface area (Å²) < 4.78 is 1.49. The van der Waals surface area contributed by atoms with Crippen LogP contribution in [-0.4, -0.2) is 48.6 Å². The molecule has 4 aromatic rings. The number of hydrogen-bond acceptors (Lipinski definition) is 5. The minimum atomic E-state index is -0.451.